The van der Waals surface area contributed by atoms with Crippen molar-refractivity contribution in [1.29, 1.82) is 0 Å². The number of aryl methyl sites for hydroxylation is 1. The molecular formula is C22H31ClN4O. The van der Waals surface area contributed by atoms with E-state index in [4.69, 9.17) is 11.6 Å². The minimum absolute atomic E-state index is 0.161. The summed E-state index contributed by atoms with van der Waals surface area (Å²) < 4.78 is 1.89. The van der Waals surface area contributed by atoms with Crippen molar-refractivity contribution in [3.63, 3.8) is 0 Å². The number of benzene rings is 1. The Morgan fingerprint density at radius 2 is 1.79 bits per heavy atom. The van der Waals surface area contributed by atoms with Gasteiger partial charge < -0.3 is 4.90 Å². The van der Waals surface area contributed by atoms with Crippen molar-refractivity contribution in [2.24, 2.45) is 5.92 Å². The monoisotopic (exact) mass is 402 g/mol. The summed E-state index contributed by atoms with van der Waals surface area (Å²) in [7, 11) is 0. The highest BCUT2D eigenvalue weighted by Crippen LogP contribution is 2.26. The molecule has 6 heteroatoms. The zero-order chi connectivity index (χ0) is 20.1. The van der Waals surface area contributed by atoms with E-state index in [0.717, 1.165) is 62.0 Å². The molecule has 0 bridgehead atoms. The van der Waals surface area contributed by atoms with E-state index >= 15 is 0 Å². The largest absolute Gasteiger partial charge is 0.343 e. The standard InChI is InChI=1S/C22H31ClN4O/c1-4-26(5-2)22(28)19-11-13-25(14-12-19)16-20-17(3)24-27(21(20)23)15-18-9-7-6-8-10-18/h6-10,19H,4-5,11-16H2,1-3H3. The van der Waals surface area contributed by atoms with Crippen LogP contribution in [0, 0.1) is 12.8 Å². The number of amides is 1. The number of aromatic nitrogens is 2. The van der Waals surface area contributed by atoms with Crippen molar-refractivity contribution in [2.75, 3.05) is 26.2 Å². The SMILES string of the molecule is CCN(CC)C(=O)C1CCN(Cc2c(C)nn(Cc3ccccc3)c2Cl)CC1. The third-order valence-electron chi connectivity index (χ3n) is 5.75. The van der Waals surface area contributed by atoms with Crippen LogP contribution in [0.3, 0.4) is 0 Å². The Hall–Kier alpha value is -1.85. The number of hydrogen-bond donors (Lipinski definition) is 0. The molecule has 1 amide bonds. The first-order valence-electron chi connectivity index (χ1n) is 10.3. The maximum Gasteiger partial charge on any atom is 0.225 e. The van der Waals surface area contributed by atoms with E-state index in [-0.39, 0.29) is 5.92 Å². The second-order valence-electron chi connectivity index (χ2n) is 7.56. The minimum atomic E-state index is 0.161. The molecule has 1 fully saturated rings. The molecule has 28 heavy (non-hydrogen) atoms. The lowest BCUT2D eigenvalue weighted by Crippen LogP contribution is -2.42. The molecule has 1 aromatic carbocycles. The predicted octanol–water partition coefficient (Wildman–Crippen LogP) is 3.97. The molecule has 152 valence electrons. The van der Waals surface area contributed by atoms with Crippen LogP contribution in [0.2, 0.25) is 5.15 Å². The average molecular weight is 403 g/mol. The van der Waals surface area contributed by atoms with E-state index in [1.807, 2.05) is 34.7 Å². The van der Waals surface area contributed by atoms with Gasteiger partial charge in [-0.25, -0.2) is 4.68 Å². The predicted molar refractivity (Wildman–Crippen MR) is 113 cm³/mol. The van der Waals surface area contributed by atoms with Crippen LogP contribution in [0.4, 0.5) is 0 Å². The fraction of sp³-hybridized carbons (Fsp3) is 0.545. The van der Waals surface area contributed by atoms with Gasteiger partial charge in [0.15, 0.2) is 0 Å². The summed E-state index contributed by atoms with van der Waals surface area (Å²) >= 11 is 6.67. The first-order chi connectivity index (χ1) is 13.5. The molecule has 0 radical (unpaired) electrons. The smallest absolute Gasteiger partial charge is 0.225 e. The Balaban J connectivity index is 1.60. The van der Waals surface area contributed by atoms with E-state index in [0.29, 0.717) is 12.5 Å². The quantitative estimate of drug-likeness (QED) is 0.703. The Kier molecular flexibility index (Phi) is 7.13. The molecule has 1 saturated heterocycles. The highest BCUT2D eigenvalue weighted by atomic mass is 35.5. The van der Waals surface area contributed by atoms with E-state index < -0.39 is 0 Å². The molecule has 0 atom stereocenters. The van der Waals surface area contributed by atoms with Crippen LogP contribution in [0.15, 0.2) is 30.3 Å². The first-order valence-corrected chi connectivity index (χ1v) is 10.7. The lowest BCUT2D eigenvalue weighted by molar-refractivity contribution is -0.136. The zero-order valence-corrected chi connectivity index (χ0v) is 18.0. The van der Waals surface area contributed by atoms with Crippen LogP contribution in [-0.4, -0.2) is 51.7 Å². The van der Waals surface area contributed by atoms with Gasteiger partial charge in [0, 0.05) is 31.1 Å². The summed E-state index contributed by atoms with van der Waals surface area (Å²) in [6.07, 6.45) is 1.84. The molecule has 2 heterocycles. The summed E-state index contributed by atoms with van der Waals surface area (Å²) in [6, 6.07) is 10.3. The summed E-state index contributed by atoms with van der Waals surface area (Å²) in [5.74, 6) is 0.475. The van der Waals surface area contributed by atoms with Crippen molar-refractivity contribution in [3.05, 3.63) is 52.3 Å². The van der Waals surface area contributed by atoms with E-state index in [1.54, 1.807) is 0 Å². The molecule has 1 aliphatic heterocycles. The molecule has 5 nitrogen and oxygen atoms in total. The van der Waals surface area contributed by atoms with Crippen LogP contribution >= 0.6 is 11.6 Å². The summed E-state index contributed by atoms with van der Waals surface area (Å²) in [6.45, 7) is 11.1. The number of halogens is 1. The summed E-state index contributed by atoms with van der Waals surface area (Å²) in [4.78, 5) is 16.9. The van der Waals surface area contributed by atoms with Gasteiger partial charge in [-0.3, -0.25) is 9.69 Å². The number of nitrogens with zero attached hydrogens (tertiary/aromatic N) is 4. The number of piperidine rings is 1. The van der Waals surface area contributed by atoms with Gasteiger partial charge in [-0.1, -0.05) is 41.9 Å². The van der Waals surface area contributed by atoms with Crippen LogP contribution in [0.5, 0.6) is 0 Å². The van der Waals surface area contributed by atoms with E-state index in [1.165, 1.54) is 5.56 Å². The van der Waals surface area contributed by atoms with Crippen molar-refractivity contribution in [1.82, 2.24) is 19.6 Å². The number of hydrogen-bond acceptors (Lipinski definition) is 3. The molecule has 0 N–H and O–H groups in total. The average Bonchev–Trinajstić information content (AvgIpc) is 2.97. The van der Waals surface area contributed by atoms with Gasteiger partial charge in [0.05, 0.1) is 12.2 Å². The number of likely N-dealkylation sites (tertiary alicyclic amines) is 1. The Bertz CT molecular complexity index is 777. The normalized spacial score (nSPS) is 15.7. The van der Waals surface area contributed by atoms with Gasteiger partial charge in [-0.15, -0.1) is 0 Å². The minimum Gasteiger partial charge on any atom is -0.343 e. The topological polar surface area (TPSA) is 41.4 Å². The molecule has 0 aliphatic carbocycles. The van der Waals surface area contributed by atoms with Gasteiger partial charge in [-0.2, -0.15) is 5.10 Å². The summed E-state index contributed by atoms with van der Waals surface area (Å²) in [5, 5.41) is 5.38. The van der Waals surface area contributed by atoms with E-state index in [2.05, 4.69) is 36.0 Å². The lowest BCUT2D eigenvalue weighted by atomic mass is 9.95. The highest BCUT2D eigenvalue weighted by molar-refractivity contribution is 6.30. The molecule has 0 spiro atoms. The van der Waals surface area contributed by atoms with Gasteiger partial charge in [-0.05, 0) is 52.3 Å². The maximum atomic E-state index is 12.6. The number of rotatable bonds is 7. The molecule has 1 aromatic heterocycles. The zero-order valence-electron chi connectivity index (χ0n) is 17.2. The molecule has 3 rings (SSSR count). The Morgan fingerprint density at radius 3 is 2.39 bits per heavy atom. The third kappa shape index (κ3) is 4.76. The number of carbonyl (C=O) groups is 1. The molecule has 1 aliphatic rings. The maximum absolute atomic E-state index is 12.6. The van der Waals surface area contributed by atoms with Gasteiger partial charge in [0.2, 0.25) is 5.91 Å². The Morgan fingerprint density at radius 1 is 1.14 bits per heavy atom. The van der Waals surface area contributed by atoms with Crippen LogP contribution in [0.25, 0.3) is 0 Å². The van der Waals surface area contributed by atoms with Gasteiger partial charge >= 0.3 is 0 Å². The van der Waals surface area contributed by atoms with Gasteiger partial charge in [0.25, 0.3) is 0 Å². The second kappa shape index (κ2) is 9.57. The van der Waals surface area contributed by atoms with E-state index in [9.17, 15) is 4.79 Å². The van der Waals surface area contributed by atoms with Crippen molar-refractivity contribution < 1.29 is 4.79 Å². The summed E-state index contributed by atoms with van der Waals surface area (Å²) in [5.41, 5.74) is 3.28. The first kappa shape index (κ1) is 20.9. The van der Waals surface area contributed by atoms with Crippen LogP contribution in [0.1, 0.15) is 43.5 Å². The van der Waals surface area contributed by atoms with Crippen molar-refractivity contribution in [3.8, 4) is 0 Å². The molecule has 2 aromatic rings. The Labute approximate surface area is 173 Å². The molecule has 0 saturated carbocycles. The number of carbonyl (C=O) groups excluding carboxylic acids is 1. The molecular weight excluding hydrogens is 372 g/mol. The van der Waals surface area contributed by atoms with Crippen LogP contribution in [-0.2, 0) is 17.9 Å². The van der Waals surface area contributed by atoms with Gasteiger partial charge in [0.1, 0.15) is 5.15 Å². The highest BCUT2D eigenvalue weighted by Gasteiger charge is 2.28. The fourth-order valence-corrected chi connectivity index (χ4v) is 4.28. The fourth-order valence-electron chi connectivity index (χ4n) is 3.99. The van der Waals surface area contributed by atoms with Crippen molar-refractivity contribution >= 4 is 17.5 Å². The second-order valence-corrected chi connectivity index (χ2v) is 7.92. The lowest BCUT2D eigenvalue weighted by Gasteiger charge is -2.33. The van der Waals surface area contributed by atoms with Crippen molar-refractivity contribution in [2.45, 2.75) is 46.7 Å². The van der Waals surface area contributed by atoms with Crippen LogP contribution < -0.4 is 0 Å². The third-order valence-corrected chi connectivity index (χ3v) is 6.18. The molecule has 0 unspecified atom stereocenters.